The number of fused-ring (bicyclic) bond motifs is 1. The fourth-order valence-electron chi connectivity index (χ4n) is 3.18. The summed E-state index contributed by atoms with van der Waals surface area (Å²) in [5.41, 5.74) is 9.01. The van der Waals surface area contributed by atoms with Crippen LogP contribution in [0.2, 0.25) is 0 Å². The molecule has 1 unspecified atom stereocenters. The predicted molar refractivity (Wildman–Crippen MR) is 100 cm³/mol. The molecule has 1 aliphatic heterocycles. The van der Waals surface area contributed by atoms with Crippen LogP contribution in [0.4, 0.5) is 0 Å². The molecule has 1 fully saturated rings. The Morgan fingerprint density at radius 2 is 2.00 bits per heavy atom. The molecular formula is C16H25Cl2N5O. The van der Waals surface area contributed by atoms with Crippen LogP contribution in [0.1, 0.15) is 35.1 Å². The van der Waals surface area contributed by atoms with Crippen molar-refractivity contribution in [3.63, 3.8) is 0 Å². The van der Waals surface area contributed by atoms with Gasteiger partial charge in [0, 0.05) is 25.5 Å². The molecular weight excluding hydrogens is 349 g/mol. The molecule has 1 aliphatic rings. The van der Waals surface area contributed by atoms with Crippen molar-refractivity contribution in [2.45, 2.75) is 27.2 Å². The molecule has 1 atom stereocenters. The molecule has 0 saturated carbocycles. The number of hydrogen-bond acceptors (Lipinski definition) is 4. The van der Waals surface area contributed by atoms with Gasteiger partial charge >= 0.3 is 0 Å². The van der Waals surface area contributed by atoms with Crippen LogP contribution in [-0.4, -0.2) is 45.2 Å². The summed E-state index contributed by atoms with van der Waals surface area (Å²) in [6.45, 7) is 8.04. The SMILES string of the molecule is Cc1nc2c(cc1C(=O)N1CCC(C)(CN)C1)c(C)nn2C.Cl.Cl. The Hall–Kier alpha value is -1.37. The van der Waals surface area contributed by atoms with Crippen LogP contribution in [0, 0.1) is 19.3 Å². The number of aryl methyl sites for hydroxylation is 3. The minimum absolute atomic E-state index is 0. The highest BCUT2D eigenvalue weighted by Gasteiger charge is 2.35. The topological polar surface area (TPSA) is 77.0 Å². The summed E-state index contributed by atoms with van der Waals surface area (Å²) in [7, 11) is 1.87. The van der Waals surface area contributed by atoms with Gasteiger partial charge in [-0.25, -0.2) is 4.98 Å². The number of carbonyl (C=O) groups excluding carboxylic acids is 1. The molecule has 2 N–H and O–H groups in total. The fourth-order valence-corrected chi connectivity index (χ4v) is 3.18. The van der Waals surface area contributed by atoms with Crippen molar-refractivity contribution >= 4 is 41.8 Å². The first-order chi connectivity index (χ1) is 10.3. The van der Waals surface area contributed by atoms with Gasteiger partial charge in [0.15, 0.2) is 5.65 Å². The lowest BCUT2D eigenvalue weighted by atomic mass is 9.90. The zero-order valence-corrected chi connectivity index (χ0v) is 16.1. The van der Waals surface area contributed by atoms with E-state index in [1.165, 1.54) is 0 Å². The molecule has 0 bridgehead atoms. The second-order valence-electron chi connectivity index (χ2n) is 6.69. The average Bonchev–Trinajstić information content (AvgIpc) is 3.00. The molecule has 3 heterocycles. The maximum absolute atomic E-state index is 12.9. The monoisotopic (exact) mass is 373 g/mol. The molecule has 134 valence electrons. The van der Waals surface area contributed by atoms with Crippen molar-refractivity contribution < 1.29 is 4.79 Å². The van der Waals surface area contributed by atoms with E-state index in [-0.39, 0.29) is 36.1 Å². The van der Waals surface area contributed by atoms with Crippen molar-refractivity contribution in [1.82, 2.24) is 19.7 Å². The number of pyridine rings is 1. The highest BCUT2D eigenvalue weighted by atomic mass is 35.5. The van der Waals surface area contributed by atoms with Crippen molar-refractivity contribution in [1.29, 1.82) is 0 Å². The molecule has 2 aromatic heterocycles. The first-order valence-corrected chi connectivity index (χ1v) is 7.65. The predicted octanol–water partition coefficient (Wildman–Crippen LogP) is 2.24. The molecule has 0 aromatic carbocycles. The summed E-state index contributed by atoms with van der Waals surface area (Å²) in [6.07, 6.45) is 0.954. The summed E-state index contributed by atoms with van der Waals surface area (Å²) < 4.78 is 1.76. The highest BCUT2D eigenvalue weighted by Crippen LogP contribution is 2.30. The minimum atomic E-state index is 0. The molecule has 0 aliphatic carbocycles. The molecule has 8 heteroatoms. The van der Waals surface area contributed by atoms with Gasteiger partial charge in [0.1, 0.15) is 0 Å². The molecule has 0 spiro atoms. The fraction of sp³-hybridized carbons (Fsp3) is 0.562. The molecule has 24 heavy (non-hydrogen) atoms. The zero-order valence-electron chi connectivity index (χ0n) is 14.5. The van der Waals surface area contributed by atoms with Gasteiger partial charge in [-0.3, -0.25) is 9.48 Å². The Morgan fingerprint density at radius 1 is 1.33 bits per heavy atom. The van der Waals surface area contributed by atoms with Gasteiger partial charge < -0.3 is 10.6 Å². The van der Waals surface area contributed by atoms with Crippen molar-refractivity contribution in [2.24, 2.45) is 18.2 Å². The second kappa shape index (κ2) is 7.25. The largest absolute Gasteiger partial charge is 0.338 e. The first-order valence-electron chi connectivity index (χ1n) is 7.65. The maximum Gasteiger partial charge on any atom is 0.255 e. The van der Waals surface area contributed by atoms with Crippen molar-refractivity contribution in [2.75, 3.05) is 19.6 Å². The van der Waals surface area contributed by atoms with Crippen LogP contribution >= 0.6 is 24.8 Å². The molecule has 3 rings (SSSR count). The number of rotatable bonds is 2. The molecule has 2 aromatic rings. The number of aromatic nitrogens is 3. The number of nitrogens with zero attached hydrogens (tertiary/aromatic N) is 4. The third kappa shape index (κ3) is 3.36. The Labute approximate surface area is 154 Å². The lowest BCUT2D eigenvalue weighted by Gasteiger charge is -2.23. The Morgan fingerprint density at radius 3 is 2.58 bits per heavy atom. The minimum Gasteiger partial charge on any atom is -0.338 e. The summed E-state index contributed by atoms with van der Waals surface area (Å²) in [5, 5.41) is 5.32. The number of likely N-dealkylation sites (tertiary alicyclic amines) is 1. The van der Waals surface area contributed by atoms with Gasteiger partial charge in [-0.05, 0) is 38.3 Å². The maximum atomic E-state index is 12.9. The second-order valence-corrected chi connectivity index (χ2v) is 6.69. The normalized spacial score (nSPS) is 20.0. The van der Waals surface area contributed by atoms with E-state index in [0.29, 0.717) is 18.7 Å². The number of nitrogens with two attached hydrogens (primary N) is 1. The van der Waals surface area contributed by atoms with Crippen LogP contribution in [0.5, 0.6) is 0 Å². The number of carbonyl (C=O) groups is 1. The van der Waals surface area contributed by atoms with Crippen LogP contribution in [0.15, 0.2) is 6.07 Å². The van der Waals surface area contributed by atoms with E-state index in [2.05, 4.69) is 17.0 Å². The van der Waals surface area contributed by atoms with Crippen LogP contribution < -0.4 is 5.73 Å². The van der Waals surface area contributed by atoms with Gasteiger partial charge in [-0.15, -0.1) is 24.8 Å². The third-order valence-electron chi connectivity index (χ3n) is 4.76. The lowest BCUT2D eigenvalue weighted by molar-refractivity contribution is 0.0776. The van der Waals surface area contributed by atoms with Crippen LogP contribution in [0.3, 0.4) is 0 Å². The summed E-state index contributed by atoms with van der Waals surface area (Å²) >= 11 is 0. The summed E-state index contributed by atoms with van der Waals surface area (Å²) in [4.78, 5) is 19.3. The standard InChI is InChI=1S/C16H23N5O.2ClH/c1-10-13(7-12-11(2)19-20(4)14(12)18-10)15(22)21-6-5-16(3,8-17)9-21;;/h7H,5-6,8-9,17H2,1-4H3;2*1H. The van der Waals surface area contributed by atoms with E-state index in [0.717, 1.165) is 35.4 Å². The van der Waals surface area contributed by atoms with Gasteiger partial charge in [-0.2, -0.15) is 5.10 Å². The van der Waals surface area contributed by atoms with E-state index in [9.17, 15) is 4.79 Å². The average molecular weight is 374 g/mol. The van der Waals surface area contributed by atoms with Gasteiger partial charge in [0.05, 0.1) is 17.0 Å². The molecule has 0 radical (unpaired) electrons. The molecule has 1 amide bonds. The Balaban J connectivity index is 0.00000144. The van der Waals surface area contributed by atoms with Gasteiger partial charge in [0.2, 0.25) is 0 Å². The van der Waals surface area contributed by atoms with Crippen molar-refractivity contribution in [3.05, 3.63) is 23.0 Å². The highest BCUT2D eigenvalue weighted by molar-refractivity contribution is 5.98. The number of hydrogen-bond donors (Lipinski definition) is 1. The zero-order chi connectivity index (χ0) is 16.1. The van der Waals surface area contributed by atoms with E-state index < -0.39 is 0 Å². The summed E-state index contributed by atoms with van der Waals surface area (Å²) in [6, 6.07) is 1.93. The van der Waals surface area contributed by atoms with Crippen molar-refractivity contribution in [3.8, 4) is 0 Å². The van der Waals surface area contributed by atoms with E-state index in [4.69, 9.17) is 5.73 Å². The summed E-state index contributed by atoms with van der Waals surface area (Å²) in [5.74, 6) is 0.0485. The van der Waals surface area contributed by atoms with Gasteiger partial charge in [-0.1, -0.05) is 6.92 Å². The quantitative estimate of drug-likeness (QED) is 0.875. The van der Waals surface area contributed by atoms with E-state index >= 15 is 0 Å². The molecule has 6 nitrogen and oxygen atoms in total. The first kappa shape index (κ1) is 20.7. The lowest BCUT2D eigenvalue weighted by Crippen LogP contribution is -2.34. The third-order valence-corrected chi connectivity index (χ3v) is 4.76. The Bertz CT molecular complexity index is 760. The Kier molecular flexibility index (Phi) is 6.25. The molecule has 1 saturated heterocycles. The number of halogens is 2. The van der Waals surface area contributed by atoms with Crippen LogP contribution in [-0.2, 0) is 7.05 Å². The van der Waals surface area contributed by atoms with E-state index in [1.807, 2.05) is 31.9 Å². The van der Waals surface area contributed by atoms with E-state index in [1.54, 1.807) is 4.68 Å². The van der Waals surface area contributed by atoms with Crippen LogP contribution in [0.25, 0.3) is 11.0 Å². The van der Waals surface area contributed by atoms with Gasteiger partial charge in [0.25, 0.3) is 5.91 Å². The number of amides is 1. The smallest absolute Gasteiger partial charge is 0.255 e.